The Morgan fingerprint density at radius 2 is 2.00 bits per heavy atom. The van der Waals surface area contributed by atoms with Gasteiger partial charge < -0.3 is 11.1 Å². The van der Waals surface area contributed by atoms with Gasteiger partial charge in [-0.1, -0.05) is 19.1 Å². The van der Waals surface area contributed by atoms with Gasteiger partial charge in [0, 0.05) is 17.9 Å². The molecule has 8 heteroatoms. The van der Waals surface area contributed by atoms with Gasteiger partial charge in [0.2, 0.25) is 0 Å². The number of benzene rings is 1. The number of rotatable bonds is 6. The van der Waals surface area contributed by atoms with E-state index in [0.717, 1.165) is 0 Å². The van der Waals surface area contributed by atoms with E-state index in [1.165, 1.54) is 19.1 Å². The van der Waals surface area contributed by atoms with Crippen molar-refractivity contribution in [3.8, 4) is 0 Å². The molecule has 4 nitrogen and oxygen atoms in total. The second-order valence-electron chi connectivity index (χ2n) is 3.82. The lowest BCUT2D eigenvalue weighted by atomic mass is 10.2. The van der Waals surface area contributed by atoms with Crippen molar-refractivity contribution in [1.82, 2.24) is 0 Å². The first-order valence-corrected chi connectivity index (χ1v) is 7.73. The van der Waals surface area contributed by atoms with Crippen molar-refractivity contribution in [2.24, 2.45) is 5.73 Å². The zero-order chi connectivity index (χ0) is 14.6. The number of hydrogen-bond acceptors (Lipinski definition) is 4. The summed E-state index contributed by atoms with van der Waals surface area (Å²) in [4.78, 5) is -0.239. The topological polar surface area (TPSA) is 72.2 Å². The Balaban J connectivity index is 2.82. The third-order valence-electron chi connectivity index (χ3n) is 2.52. The second kappa shape index (κ2) is 6.25. The van der Waals surface area contributed by atoms with E-state index in [2.05, 4.69) is 17.5 Å². The molecule has 19 heavy (non-hydrogen) atoms. The van der Waals surface area contributed by atoms with Crippen LogP contribution in [-0.2, 0) is 9.84 Å². The van der Waals surface area contributed by atoms with Crippen LogP contribution < -0.4 is 11.1 Å². The molecule has 0 aliphatic carbocycles. The number of hydrogen-bond donors (Lipinski definition) is 2. The zero-order valence-corrected chi connectivity index (χ0v) is 11.9. The Hall–Kier alpha value is -1.28. The van der Waals surface area contributed by atoms with Crippen LogP contribution in [0.25, 0.3) is 0 Å². The Morgan fingerprint density at radius 3 is 2.53 bits per heavy atom. The average molecular weight is 308 g/mol. The lowest BCUT2D eigenvalue weighted by molar-refractivity contribution is 0.509. The molecule has 0 amide bonds. The van der Waals surface area contributed by atoms with Crippen molar-refractivity contribution >= 4 is 32.7 Å². The summed E-state index contributed by atoms with van der Waals surface area (Å²) in [6, 6.07) is 2.52. The number of halogens is 2. The number of nitrogens with one attached hydrogen (secondary N) is 1. The molecule has 0 aliphatic heterocycles. The molecule has 0 saturated carbocycles. The van der Waals surface area contributed by atoms with Crippen LogP contribution in [0.3, 0.4) is 0 Å². The SMILES string of the molecule is CCS(=O)(=O)CCNc1ccc(C(N)=S)c(F)c1F. The Kier molecular flexibility index (Phi) is 5.19. The predicted molar refractivity (Wildman–Crippen MR) is 75.1 cm³/mol. The monoisotopic (exact) mass is 308 g/mol. The maximum absolute atomic E-state index is 13.6. The molecule has 1 aromatic carbocycles. The molecule has 0 heterocycles. The first-order chi connectivity index (χ1) is 8.78. The zero-order valence-electron chi connectivity index (χ0n) is 10.2. The molecule has 1 rings (SSSR count). The lowest BCUT2D eigenvalue weighted by Crippen LogP contribution is -2.18. The molecular weight excluding hydrogens is 294 g/mol. The third-order valence-corrected chi connectivity index (χ3v) is 4.44. The Labute approximate surface area is 115 Å². The van der Waals surface area contributed by atoms with E-state index in [1.54, 1.807) is 0 Å². The van der Waals surface area contributed by atoms with Gasteiger partial charge in [-0.15, -0.1) is 0 Å². The first-order valence-electron chi connectivity index (χ1n) is 5.50. The maximum atomic E-state index is 13.6. The molecule has 0 bridgehead atoms. The van der Waals surface area contributed by atoms with Gasteiger partial charge in [-0.2, -0.15) is 0 Å². The summed E-state index contributed by atoms with van der Waals surface area (Å²) < 4.78 is 49.6. The van der Waals surface area contributed by atoms with Gasteiger partial charge in [-0.3, -0.25) is 0 Å². The van der Waals surface area contributed by atoms with E-state index in [-0.39, 0.29) is 34.3 Å². The van der Waals surface area contributed by atoms with Crippen molar-refractivity contribution in [3.05, 3.63) is 29.3 Å². The van der Waals surface area contributed by atoms with Gasteiger partial charge in [0.1, 0.15) is 4.99 Å². The fourth-order valence-electron chi connectivity index (χ4n) is 1.36. The van der Waals surface area contributed by atoms with E-state index in [9.17, 15) is 17.2 Å². The van der Waals surface area contributed by atoms with Crippen LogP contribution in [0.1, 0.15) is 12.5 Å². The highest BCUT2D eigenvalue weighted by atomic mass is 32.2. The van der Waals surface area contributed by atoms with E-state index in [1.807, 2.05) is 0 Å². The van der Waals surface area contributed by atoms with Crippen LogP contribution in [-0.4, -0.2) is 31.5 Å². The van der Waals surface area contributed by atoms with Crippen LogP contribution in [0.2, 0.25) is 0 Å². The minimum atomic E-state index is -3.15. The Morgan fingerprint density at radius 1 is 1.37 bits per heavy atom. The standard InChI is InChI=1S/C11H14F2N2O2S2/c1-2-19(16,17)6-5-15-8-4-3-7(11(14)18)9(12)10(8)13/h3-4,15H,2,5-6H2,1H3,(H2,14,18). The molecule has 0 fully saturated rings. The van der Waals surface area contributed by atoms with E-state index in [4.69, 9.17) is 5.73 Å². The van der Waals surface area contributed by atoms with Crippen LogP contribution in [0.5, 0.6) is 0 Å². The largest absolute Gasteiger partial charge is 0.389 e. The maximum Gasteiger partial charge on any atom is 0.182 e. The second-order valence-corrected chi connectivity index (χ2v) is 6.73. The molecule has 0 atom stereocenters. The van der Waals surface area contributed by atoms with Crippen molar-refractivity contribution in [2.75, 3.05) is 23.4 Å². The van der Waals surface area contributed by atoms with Gasteiger partial charge in [-0.25, -0.2) is 17.2 Å². The van der Waals surface area contributed by atoms with Crippen LogP contribution in [0.4, 0.5) is 14.5 Å². The highest BCUT2D eigenvalue weighted by Crippen LogP contribution is 2.20. The third kappa shape index (κ3) is 4.10. The predicted octanol–water partition coefficient (Wildman–Crippen LogP) is 1.45. The van der Waals surface area contributed by atoms with Gasteiger partial charge >= 0.3 is 0 Å². The van der Waals surface area contributed by atoms with Crippen LogP contribution >= 0.6 is 12.2 Å². The van der Waals surface area contributed by atoms with Gasteiger partial charge in [-0.05, 0) is 12.1 Å². The summed E-state index contributed by atoms with van der Waals surface area (Å²) in [5.41, 5.74) is 4.93. The average Bonchev–Trinajstić information content (AvgIpc) is 2.34. The van der Waals surface area contributed by atoms with Crippen molar-refractivity contribution in [3.63, 3.8) is 0 Å². The molecule has 0 saturated heterocycles. The quantitative estimate of drug-likeness (QED) is 0.778. The van der Waals surface area contributed by atoms with Crippen molar-refractivity contribution in [1.29, 1.82) is 0 Å². The minimum Gasteiger partial charge on any atom is -0.389 e. The van der Waals surface area contributed by atoms with E-state index in [0.29, 0.717) is 0 Å². The summed E-state index contributed by atoms with van der Waals surface area (Å²) in [5, 5.41) is 2.53. The number of sulfone groups is 1. The highest BCUT2D eigenvalue weighted by molar-refractivity contribution is 7.91. The molecular formula is C11H14F2N2O2S2. The van der Waals surface area contributed by atoms with Gasteiger partial charge in [0.25, 0.3) is 0 Å². The highest BCUT2D eigenvalue weighted by Gasteiger charge is 2.15. The molecule has 106 valence electrons. The Bertz CT molecular complexity index is 589. The number of thiocarbonyl (C=S) groups is 1. The number of anilines is 1. The van der Waals surface area contributed by atoms with Crippen LogP contribution in [0, 0.1) is 11.6 Å². The van der Waals surface area contributed by atoms with Crippen molar-refractivity contribution in [2.45, 2.75) is 6.92 Å². The molecule has 0 spiro atoms. The molecule has 3 N–H and O–H groups in total. The molecule has 0 unspecified atom stereocenters. The lowest BCUT2D eigenvalue weighted by Gasteiger charge is -2.10. The normalized spacial score (nSPS) is 11.3. The summed E-state index contributed by atoms with van der Waals surface area (Å²) in [6.45, 7) is 1.52. The van der Waals surface area contributed by atoms with Crippen molar-refractivity contribution < 1.29 is 17.2 Å². The van der Waals surface area contributed by atoms with Crippen LogP contribution in [0.15, 0.2) is 12.1 Å². The van der Waals surface area contributed by atoms with E-state index < -0.39 is 21.5 Å². The first kappa shape index (κ1) is 15.8. The summed E-state index contributed by atoms with van der Waals surface area (Å²) in [5.74, 6) is -2.41. The smallest absolute Gasteiger partial charge is 0.182 e. The van der Waals surface area contributed by atoms with Gasteiger partial charge in [0.05, 0.1) is 11.4 Å². The summed E-state index contributed by atoms with van der Waals surface area (Å²) in [6.07, 6.45) is 0. The summed E-state index contributed by atoms with van der Waals surface area (Å²) >= 11 is 4.58. The fourth-order valence-corrected chi connectivity index (χ4v) is 2.22. The molecule has 0 radical (unpaired) electrons. The summed E-state index contributed by atoms with van der Waals surface area (Å²) in [7, 11) is -3.15. The molecule has 0 aromatic heterocycles. The molecule has 0 aliphatic rings. The van der Waals surface area contributed by atoms with Gasteiger partial charge in [0.15, 0.2) is 21.5 Å². The van der Waals surface area contributed by atoms with E-state index >= 15 is 0 Å². The fraction of sp³-hybridized carbons (Fsp3) is 0.364. The molecule has 1 aromatic rings. The number of nitrogens with two attached hydrogens (primary N) is 1. The minimum absolute atomic E-state index is 0.00104.